The molecule has 57 heavy (non-hydrogen) atoms. The molecule has 0 saturated heterocycles. The highest BCUT2D eigenvalue weighted by Crippen LogP contribution is 2.41. The molecule has 0 amide bonds. The van der Waals surface area contributed by atoms with Crippen molar-refractivity contribution < 1.29 is 4.42 Å². The molecule has 0 aliphatic heterocycles. The van der Waals surface area contributed by atoms with Gasteiger partial charge in [0.2, 0.25) is 0 Å². The zero-order valence-corrected chi connectivity index (χ0v) is 31.4. The minimum atomic E-state index is 0.901. The van der Waals surface area contributed by atoms with Crippen LogP contribution in [0.3, 0.4) is 0 Å². The maximum Gasteiger partial charge on any atom is 0.135 e. The molecule has 0 saturated carbocycles. The number of rotatable bonds is 8. The Labute approximate surface area is 333 Å². The summed E-state index contributed by atoms with van der Waals surface area (Å²) in [5, 5.41) is 2.26. The van der Waals surface area contributed by atoms with Crippen molar-refractivity contribution in [3.05, 3.63) is 230 Å². The summed E-state index contributed by atoms with van der Waals surface area (Å²) in [5.74, 6) is 0. The van der Waals surface area contributed by atoms with E-state index >= 15 is 0 Å². The van der Waals surface area contributed by atoms with Gasteiger partial charge >= 0.3 is 0 Å². The lowest BCUT2D eigenvalue weighted by atomic mass is 9.91. The summed E-state index contributed by atoms with van der Waals surface area (Å²) in [5.41, 5.74) is 17.0. The second-order valence-electron chi connectivity index (χ2n) is 14.5. The first kappa shape index (κ1) is 34.1. The lowest BCUT2D eigenvalue weighted by Crippen LogP contribution is -2.10. The Hall–Kier alpha value is -7.42. The molecule has 1 aromatic heterocycles. The van der Waals surface area contributed by atoms with Gasteiger partial charge in [0, 0.05) is 27.8 Å². The third-order valence-electron chi connectivity index (χ3n) is 10.9. The van der Waals surface area contributed by atoms with E-state index in [0.717, 1.165) is 56.5 Å². The van der Waals surface area contributed by atoms with Crippen LogP contribution < -0.4 is 4.90 Å². The Balaban J connectivity index is 1.05. The van der Waals surface area contributed by atoms with Gasteiger partial charge in [-0.3, -0.25) is 0 Å². The molecule has 0 spiro atoms. The Morgan fingerprint density at radius 3 is 1.74 bits per heavy atom. The number of hydrogen-bond acceptors (Lipinski definition) is 2. The molecule has 9 aromatic rings. The Morgan fingerprint density at radius 2 is 0.965 bits per heavy atom. The summed E-state index contributed by atoms with van der Waals surface area (Å²) in [6.07, 6.45) is 11.8. The molecule has 1 aliphatic carbocycles. The van der Waals surface area contributed by atoms with E-state index in [-0.39, 0.29) is 0 Å². The minimum Gasteiger partial charge on any atom is -0.456 e. The summed E-state index contributed by atoms with van der Waals surface area (Å²) in [7, 11) is 0. The molecule has 2 heteroatoms. The molecule has 0 unspecified atom stereocenters. The summed E-state index contributed by atoms with van der Waals surface area (Å²) in [4.78, 5) is 2.36. The Bertz CT molecular complexity index is 2950. The lowest BCUT2D eigenvalue weighted by molar-refractivity contribution is 0.669. The molecule has 0 N–H and O–H groups in total. The van der Waals surface area contributed by atoms with E-state index < -0.39 is 0 Å². The molecular formula is C55H39NO. The van der Waals surface area contributed by atoms with Gasteiger partial charge in [0.1, 0.15) is 11.2 Å². The fraction of sp³-hybridized carbons (Fsp3) is 0.0182. The fourth-order valence-corrected chi connectivity index (χ4v) is 8.03. The minimum absolute atomic E-state index is 0.901. The molecule has 1 aliphatic rings. The largest absolute Gasteiger partial charge is 0.456 e. The predicted molar refractivity (Wildman–Crippen MR) is 241 cm³/mol. The second kappa shape index (κ2) is 15.0. The molecule has 0 radical (unpaired) electrons. The smallest absolute Gasteiger partial charge is 0.135 e. The molecular weight excluding hydrogens is 691 g/mol. The van der Waals surface area contributed by atoms with Crippen LogP contribution in [-0.2, 0) is 0 Å². The summed E-state index contributed by atoms with van der Waals surface area (Å²) in [6.45, 7) is 0. The third-order valence-corrected chi connectivity index (χ3v) is 10.9. The van der Waals surface area contributed by atoms with E-state index in [1.54, 1.807) is 0 Å². The van der Waals surface area contributed by atoms with Gasteiger partial charge in [0.15, 0.2) is 0 Å². The van der Waals surface area contributed by atoms with E-state index in [4.69, 9.17) is 4.42 Å². The van der Waals surface area contributed by atoms with Crippen LogP contribution in [0.2, 0.25) is 0 Å². The summed E-state index contributed by atoms with van der Waals surface area (Å²) in [6, 6.07) is 69.7. The molecule has 8 aromatic carbocycles. The average Bonchev–Trinajstić information content (AvgIpc) is 3.43. The van der Waals surface area contributed by atoms with Crippen LogP contribution in [-0.4, -0.2) is 0 Å². The number of furan rings is 1. The number of fused-ring (bicyclic) bond motifs is 3. The van der Waals surface area contributed by atoms with Gasteiger partial charge in [-0.15, -0.1) is 0 Å². The first-order valence-corrected chi connectivity index (χ1v) is 19.6. The summed E-state index contributed by atoms with van der Waals surface area (Å²) < 4.78 is 6.16. The maximum atomic E-state index is 6.16. The standard InChI is InChI=1S/C55H39NO/c1-2-6-15-39(14-5-1)40-24-30-47(31-25-40)56(49-21-13-20-44(36-49)46-29-35-55-53(38-46)51-22-11-12-23-54(51)57-55)48-32-26-41(27-33-48)45-28-34-50(42-16-7-3-8-17-42)52(37-45)43-18-9-4-10-19-43/h1-5,7-38H,6H2. The monoisotopic (exact) mass is 729 g/mol. The topological polar surface area (TPSA) is 16.4 Å². The number of benzene rings is 8. The van der Waals surface area contributed by atoms with Crippen LogP contribution in [0.15, 0.2) is 229 Å². The van der Waals surface area contributed by atoms with Crippen LogP contribution in [0, 0.1) is 0 Å². The Morgan fingerprint density at radius 1 is 0.368 bits per heavy atom. The highest BCUT2D eigenvalue weighted by atomic mass is 16.3. The van der Waals surface area contributed by atoms with Gasteiger partial charge < -0.3 is 9.32 Å². The van der Waals surface area contributed by atoms with Gasteiger partial charge in [-0.2, -0.15) is 0 Å². The van der Waals surface area contributed by atoms with Crippen molar-refractivity contribution in [2.45, 2.75) is 6.42 Å². The number of para-hydroxylation sites is 1. The number of allylic oxidation sites excluding steroid dienone is 6. The van der Waals surface area contributed by atoms with Gasteiger partial charge in [-0.05, 0) is 123 Å². The van der Waals surface area contributed by atoms with Crippen LogP contribution in [0.25, 0.3) is 72.0 Å². The molecule has 0 bridgehead atoms. The lowest BCUT2D eigenvalue weighted by Gasteiger charge is -2.26. The second-order valence-corrected chi connectivity index (χ2v) is 14.5. The zero-order valence-electron chi connectivity index (χ0n) is 31.4. The molecule has 10 rings (SSSR count). The molecule has 2 nitrogen and oxygen atoms in total. The van der Waals surface area contributed by atoms with Crippen LogP contribution >= 0.6 is 0 Å². The van der Waals surface area contributed by atoms with E-state index in [2.05, 4.69) is 217 Å². The average molecular weight is 730 g/mol. The van der Waals surface area contributed by atoms with E-state index in [1.807, 2.05) is 12.1 Å². The highest BCUT2D eigenvalue weighted by molar-refractivity contribution is 6.06. The van der Waals surface area contributed by atoms with Crippen LogP contribution in [0.1, 0.15) is 12.0 Å². The molecule has 270 valence electrons. The highest BCUT2D eigenvalue weighted by Gasteiger charge is 2.16. The van der Waals surface area contributed by atoms with Crippen molar-refractivity contribution in [3.8, 4) is 44.5 Å². The van der Waals surface area contributed by atoms with Gasteiger partial charge in [0.25, 0.3) is 0 Å². The van der Waals surface area contributed by atoms with Gasteiger partial charge in [-0.1, -0.05) is 164 Å². The molecule has 1 heterocycles. The zero-order chi connectivity index (χ0) is 38.0. The first-order valence-electron chi connectivity index (χ1n) is 19.6. The first-order chi connectivity index (χ1) is 28.2. The van der Waals surface area contributed by atoms with Crippen molar-refractivity contribution >= 4 is 44.6 Å². The molecule has 0 fully saturated rings. The van der Waals surface area contributed by atoms with E-state index in [1.165, 1.54) is 44.5 Å². The van der Waals surface area contributed by atoms with Gasteiger partial charge in [-0.25, -0.2) is 0 Å². The number of nitrogens with zero attached hydrogens (tertiary/aromatic N) is 1. The van der Waals surface area contributed by atoms with Crippen molar-refractivity contribution in [2.24, 2.45) is 0 Å². The van der Waals surface area contributed by atoms with Crippen molar-refractivity contribution in [2.75, 3.05) is 4.90 Å². The molecule has 0 atom stereocenters. The van der Waals surface area contributed by atoms with Crippen molar-refractivity contribution in [1.29, 1.82) is 0 Å². The number of hydrogen-bond donors (Lipinski definition) is 0. The van der Waals surface area contributed by atoms with Crippen LogP contribution in [0.4, 0.5) is 17.1 Å². The van der Waals surface area contributed by atoms with Crippen molar-refractivity contribution in [3.63, 3.8) is 0 Å². The maximum absolute atomic E-state index is 6.16. The summed E-state index contributed by atoms with van der Waals surface area (Å²) >= 11 is 0. The van der Waals surface area contributed by atoms with Crippen molar-refractivity contribution in [1.82, 2.24) is 0 Å². The Kier molecular flexibility index (Phi) is 8.98. The predicted octanol–water partition coefficient (Wildman–Crippen LogP) is 15.6. The fourth-order valence-electron chi connectivity index (χ4n) is 8.03. The van der Waals surface area contributed by atoms with E-state index in [9.17, 15) is 0 Å². The van der Waals surface area contributed by atoms with Crippen LogP contribution in [0.5, 0.6) is 0 Å². The number of anilines is 3. The third kappa shape index (κ3) is 6.79. The normalized spacial score (nSPS) is 12.5. The van der Waals surface area contributed by atoms with Gasteiger partial charge in [0.05, 0.1) is 0 Å². The quantitative estimate of drug-likeness (QED) is 0.155. The SMILES string of the molecule is C1=CCC=C(c2ccc(N(c3ccc(-c4ccc(-c5ccccc5)c(-c5ccccc5)c4)cc3)c3cccc(-c4ccc5oc6ccccc6c5c4)c3)cc2)C=C1. The van der Waals surface area contributed by atoms with E-state index in [0.29, 0.717) is 0 Å².